The van der Waals surface area contributed by atoms with Crippen molar-refractivity contribution in [2.45, 2.75) is 45.6 Å². The van der Waals surface area contributed by atoms with Gasteiger partial charge in [-0.3, -0.25) is 9.59 Å². The molecule has 1 heterocycles. The smallest absolute Gasteiger partial charge is 0.408 e. The molecule has 25 heavy (non-hydrogen) atoms. The van der Waals surface area contributed by atoms with Crippen LogP contribution in [0.1, 0.15) is 40.0 Å². The lowest BCUT2D eigenvalue weighted by atomic mass is 9.96. The summed E-state index contributed by atoms with van der Waals surface area (Å²) in [6.07, 6.45) is 1.52. The van der Waals surface area contributed by atoms with Crippen LogP contribution in [-0.2, 0) is 19.1 Å². The van der Waals surface area contributed by atoms with Crippen LogP contribution in [0.5, 0.6) is 0 Å². The minimum Gasteiger partial charge on any atom is -0.444 e. The number of methoxy groups -OCH3 is 1. The predicted octanol–water partition coefficient (Wildman–Crippen LogP) is 0.902. The zero-order valence-corrected chi connectivity index (χ0v) is 15.7. The number of rotatable bonds is 7. The fraction of sp³-hybridized carbons (Fsp3) is 0.824. The number of carbonyl (C=O) groups excluding carboxylic acids is 3. The van der Waals surface area contributed by atoms with Crippen LogP contribution in [0.2, 0.25) is 0 Å². The van der Waals surface area contributed by atoms with Gasteiger partial charge in [0.25, 0.3) is 0 Å². The SMILES string of the molecule is COCCC(=O)N1CCC(CNC(=O)CNC(=O)OC(C)(C)C)CC1. The van der Waals surface area contributed by atoms with E-state index in [1.807, 2.05) is 4.90 Å². The third kappa shape index (κ3) is 9.28. The normalized spacial score (nSPS) is 15.6. The minimum atomic E-state index is -0.606. The Kier molecular flexibility index (Phi) is 8.68. The highest BCUT2D eigenvalue weighted by atomic mass is 16.6. The average molecular weight is 357 g/mol. The van der Waals surface area contributed by atoms with Crippen molar-refractivity contribution >= 4 is 17.9 Å². The molecule has 144 valence electrons. The van der Waals surface area contributed by atoms with Crippen LogP contribution < -0.4 is 10.6 Å². The van der Waals surface area contributed by atoms with Gasteiger partial charge in [-0.15, -0.1) is 0 Å². The number of nitrogens with zero attached hydrogens (tertiary/aromatic N) is 1. The summed E-state index contributed by atoms with van der Waals surface area (Å²) in [6.45, 7) is 7.59. The van der Waals surface area contributed by atoms with Crippen LogP contribution in [0, 0.1) is 5.92 Å². The number of likely N-dealkylation sites (tertiary alicyclic amines) is 1. The molecule has 0 bridgehead atoms. The Bertz CT molecular complexity index is 454. The maximum absolute atomic E-state index is 11.9. The highest BCUT2D eigenvalue weighted by molar-refractivity contribution is 5.82. The lowest BCUT2D eigenvalue weighted by Gasteiger charge is -2.32. The molecule has 0 unspecified atom stereocenters. The van der Waals surface area contributed by atoms with Gasteiger partial charge in [-0.05, 0) is 39.5 Å². The molecule has 0 saturated carbocycles. The van der Waals surface area contributed by atoms with Gasteiger partial charge in [0, 0.05) is 26.7 Å². The Labute approximate surface area is 149 Å². The van der Waals surface area contributed by atoms with Gasteiger partial charge >= 0.3 is 6.09 Å². The summed E-state index contributed by atoms with van der Waals surface area (Å²) in [5, 5.41) is 5.25. The van der Waals surface area contributed by atoms with Crippen molar-refractivity contribution in [1.82, 2.24) is 15.5 Å². The van der Waals surface area contributed by atoms with E-state index in [4.69, 9.17) is 9.47 Å². The number of piperidine rings is 1. The zero-order valence-electron chi connectivity index (χ0n) is 15.7. The average Bonchev–Trinajstić information content (AvgIpc) is 2.55. The summed E-state index contributed by atoms with van der Waals surface area (Å²) in [5.74, 6) is 0.215. The van der Waals surface area contributed by atoms with E-state index < -0.39 is 11.7 Å². The summed E-state index contributed by atoms with van der Waals surface area (Å²) >= 11 is 0. The second kappa shape index (κ2) is 10.2. The molecular weight excluding hydrogens is 326 g/mol. The van der Waals surface area contributed by atoms with E-state index >= 15 is 0 Å². The van der Waals surface area contributed by atoms with Crippen molar-refractivity contribution < 1.29 is 23.9 Å². The lowest BCUT2D eigenvalue weighted by molar-refractivity contribution is -0.133. The number of hydrogen-bond donors (Lipinski definition) is 2. The molecule has 8 nitrogen and oxygen atoms in total. The third-order valence-electron chi connectivity index (χ3n) is 3.87. The molecule has 2 N–H and O–H groups in total. The number of alkyl carbamates (subject to hydrolysis) is 1. The lowest BCUT2D eigenvalue weighted by Crippen LogP contribution is -2.44. The van der Waals surface area contributed by atoms with E-state index in [0.717, 1.165) is 12.8 Å². The molecule has 1 aliphatic heterocycles. The van der Waals surface area contributed by atoms with Gasteiger partial charge in [0.15, 0.2) is 0 Å². The molecule has 0 spiro atoms. The Hall–Kier alpha value is -1.83. The number of ether oxygens (including phenoxy) is 2. The summed E-state index contributed by atoms with van der Waals surface area (Å²) in [5.41, 5.74) is -0.588. The predicted molar refractivity (Wildman–Crippen MR) is 93.0 cm³/mol. The van der Waals surface area contributed by atoms with Gasteiger partial charge in [0.1, 0.15) is 5.60 Å². The quantitative estimate of drug-likeness (QED) is 0.706. The highest BCUT2D eigenvalue weighted by Gasteiger charge is 2.23. The van der Waals surface area contributed by atoms with Crippen molar-refractivity contribution in [3.63, 3.8) is 0 Å². The first-order valence-electron chi connectivity index (χ1n) is 8.71. The van der Waals surface area contributed by atoms with E-state index in [1.165, 1.54) is 0 Å². The highest BCUT2D eigenvalue weighted by Crippen LogP contribution is 2.17. The summed E-state index contributed by atoms with van der Waals surface area (Å²) in [4.78, 5) is 37.0. The van der Waals surface area contributed by atoms with Crippen LogP contribution in [-0.4, -0.2) is 68.3 Å². The maximum atomic E-state index is 11.9. The molecule has 8 heteroatoms. The second-order valence-corrected chi connectivity index (χ2v) is 7.23. The summed E-state index contributed by atoms with van der Waals surface area (Å²) in [7, 11) is 1.58. The first-order valence-corrected chi connectivity index (χ1v) is 8.71. The van der Waals surface area contributed by atoms with Crippen molar-refractivity contribution in [3.05, 3.63) is 0 Å². The van der Waals surface area contributed by atoms with E-state index in [-0.39, 0.29) is 18.4 Å². The minimum absolute atomic E-state index is 0.108. The second-order valence-electron chi connectivity index (χ2n) is 7.23. The Morgan fingerprint density at radius 1 is 1.12 bits per heavy atom. The topological polar surface area (TPSA) is 97.0 Å². The van der Waals surface area contributed by atoms with Gasteiger partial charge < -0.3 is 25.0 Å². The van der Waals surface area contributed by atoms with Crippen LogP contribution in [0.25, 0.3) is 0 Å². The molecule has 1 fully saturated rings. The molecule has 0 radical (unpaired) electrons. The van der Waals surface area contributed by atoms with Crippen LogP contribution in [0.3, 0.4) is 0 Å². The van der Waals surface area contributed by atoms with Crippen molar-refractivity contribution in [2.75, 3.05) is 39.9 Å². The largest absolute Gasteiger partial charge is 0.444 e. The van der Waals surface area contributed by atoms with Gasteiger partial charge in [-0.25, -0.2) is 4.79 Å². The molecule has 0 aromatic heterocycles. The molecule has 1 saturated heterocycles. The van der Waals surface area contributed by atoms with Crippen LogP contribution in [0.4, 0.5) is 4.79 Å². The molecule has 0 aromatic carbocycles. The van der Waals surface area contributed by atoms with Gasteiger partial charge in [-0.2, -0.15) is 0 Å². The molecular formula is C17H31N3O5. The monoisotopic (exact) mass is 357 g/mol. The van der Waals surface area contributed by atoms with Crippen LogP contribution in [0.15, 0.2) is 0 Å². The molecule has 1 aliphatic rings. The molecule has 0 aromatic rings. The maximum Gasteiger partial charge on any atom is 0.408 e. The summed E-state index contributed by atoms with van der Waals surface area (Å²) < 4.78 is 9.99. The Morgan fingerprint density at radius 3 is 2.32 bits per heavy atom. The van der Waals surface area contributed by atoms with Gasteiger partial charge in [0.2, 0.25) is 11.8 Å². The van der Waals surface area contributed by atoms with Crippen molar-refractivity contribution in [3.8, 4) is 0 Å². The van der Waals surface area contributed by atoms with E-state index in [2.05, 4.69) is 10.6 Å². The molecule has 0 atom stereocenters. The fourth-order valence-electron chi connectivity index (χ4n) is 2.52. The molecule has 3 amide bonds. The van der Waals surface area contributed by atoms with Crippen LogP contribution >= 0.6 is 0 Å². The number of amides is 3. The molecule has 1 rings (SSSR count). The first-order chi connectivity index (χ1) is 11.7. The fourth-order valence-corrected chi connectivity index (χ4v) is 2.52. The van der Waals surface area contributed by atoms with E-state index in [9.17, 15) is 14.4 Å². The third-order valence-corrected chi connectivity index (χ3v) is 3.87. The van der Waals surface area contributed by atoms with E-state index in [0.29, 0.717) is 38.6 Å². The van der Waals surface area contributed by atoms with Crippen molar-refractivity contribution in [2.24, 2.45) is 5.92 Å². The number of nitrogens with one attached hydrogen (secondary N) is 2. The van der Waals surface area contributed by atoms with Gasteiger partial charge in [0.05, 0.1) is 19.6 Å². The molecule has 0 aliphatic carbocycles. The summed E-state index contributed by atoms with van der Waals surface area (Å²) in [6, 6.07) is 0. The first kappa shape index (κ1) is 21.2. The van der Waals surface area contributed by atoms with Crippen molar-refractivity contribution in [1.29, 1.82) is 0 Å². The zero-order chi connectivity index (χ0) is 18.9. The number of carbonyl (C=O) groups is 3. The Morgan fingerprint density at radius 2 is 1.76 bits per heavy atom. The standard InChI is InChI=1S/C17H31N3O5/c1-17(2,3)25-16(23)19-12-14(21)18-11-13-5-8-20(9-6-13)15(22)7-10-24-4/h13H,5-12H2,1-4H3,(H,18,21)(H,19,23). The Balaban J connectivity index is 2.17. The van der Waals surface area contributed by atoms with E-state index in [1.54, 1.807) is 27.9 Å². The van der Waals surface area contributed by atoms with Gasteiger partial charge in [-0.1, -0.05) is 0 Å². The number of hydrogen-bond acceptors (Lipinski definition) is 5.